The number of nitrogens with zero attached hydrogens (tertiary/aromatic N) is 1. The number of benzene rings is 3. The summed E-state index contributed by atoms with van der Waals surface area (Å²) in [5, 5.41) is 2.91. The van der Waals surface area contributed by atoms with Crippen molar-refractivity contribution in [3.05, 3.63) is 94.3 Å². The number of ether oxygens (including phenoxy) is 1. The second-order valence-electron chi connectivity index (χ2n) is 7.31. The quantitative estimate of drug-likeness (QED) is 0.621. The maximum atomic E-state index is 13.5. The van der Waals surface area contributed by atoms with E-state index in [1.165, 1.54) is 12.1 Å². The third-order valence-electron chi connectivity index (χ3n) is 5.51. The Morgan fingerprint density at radius 3 is 2.48 bits per heavy atom. The first-order valence-corrected chi connectivity index (χ1v) is 10.0. The molecule has 0 radical (unpaired) electrons. The Hall–Kier alpha value is -3.38. The van der Waals surface area contributed by atoms with E-state index in [9.17, 15) is 14.0 Å². The van der Waals surface area contributed by atoms with E-state index in [4.69, 9.17) is 16.3 Å². The van der Waals surface area contributed by atoms with Crippen LogP contribution in [0.3, 0.4) is 0 Å². The van der Waals surface area contributed by atoms with E-state index in [0.29, 0.717) is 22.6 Å². The van der Waals surface area contributed by atoms with Gasteiger partial charge in [-0.3, -0.25) is 9.59 Å². The van der Waals surface area contributed by atoms with Crippen molar-refractivity contribution in [2.24, 2.45) is 0 Å². The van der Waals surface area contributed by atoms with Crippen molar-refractivity contribution in [2.75, 3.05) is 19.5 Å². The van der Waals surface area contributed by atoms with E-state index in [2.05, 4.69) is 5.32 Å². The van der Waals surface area contributed by atoms with Crippen molar-refractivity contribution in [3.8, 4) is 5.75 Å². The van der Waals surface area contributed by atoms with E-state index in [-0.39, 0.29) is 16.8 Å². The Morgan fingerprint density at radius 1 is 1.10 bits per heavy atom. The van der Waals surface area contributed by atoms with Crippen molar-refractivity contribution in [1.82, 2.24) is 4.90 Å². The summed E-state index contributed by atoms with van der Waals surface area (Å²) in [7, 11) is 3.25. The van der Waals surface area contributed by atoms with Crippen LogP contribution in [0.15, 0.2) is 66.7 Å². The average Bonchev–Trinajstić information content (AvgIpc) is 2.78. The topological polar surface area (TPSA) is 58.6 Å². The summed E-state index contributed by atoms with van der Waals surface area (Å²) in [6.07, 6.45) is 0. The summed E-state index contributed by atoms with van der Waals surface area (Å²) in [6.45, 7) is 0. The fraction of sp³-hybridized carbons (Fsp3) is 0.167. The van der Waals surface area contributed by atoms with Gasteiger partial charge >= 0.3 is 0 Å². The predicted octanol–water partition coefficient (Wildman–Crippen LogP) is 5.04. The number of anilines is 1. The molecule has 2 atom stereocenters. The van der Waals surface area contributed by atoms with Gasteiger partial charge in [-0.05, 0) is 47.5 Å². The molecule has 5 nitrogen and oxygen atoms in total. The number of fused-ring (bicyclic) bond motifs is 1. The Balaban J connectivity index is 1.79. The van der Waals surface area contributed by atoms with Crippen molar-refractivity contribution in [1.29, 1.82) is 0 Å². The first kappa shape index (κ1) is 20.9. The third kappa shape index (κ3) is 3.86. The van der Waals surface area contributed by atoms with Gasteiger partial charge in [-0.1, -0.05) is 41.9 Å². The van der Waals surface area contributed by atoms with Crippen LogP contribution in [0.1, 0.15) is 33.4 Å². The molecule has 1 heterocycles. The minimum atomic E-state index is -0.701. The van der Waals surface area contributed by atoms with E-state index in [0.717, 1.165) is 11.6 Å². The van der Waals surface area contributed by atoms with Gasteiger partial charge in [0.05, 0.1) is 29.8 Å². The lowest BCUT2D eigenvalue weighted by molar-refractivity contribution is -0.119. The summed E-state index contributed by atoms with van der Waals surface area (Å²) >= 11 is 6.12. The van der Waals surface area contributed by atoms with Gasteiger partial charge in [0.2, 0.25) is 5.91 Å². The molecule has 1 aliphatic rings. The van der Waals surface area contributed by atoms with Gasteiger partial charge < -0.3 is 15.0 Å². The Morgan fingerprint density at radius 2 is 1.81 bits per heavy atom. The summed E-state index contributed by atoms with van der Waals surface area (Å²) in [5.74, 6) is -1.03. The highest BCUT2D eigenvalue weighted by molar-refractivity contribution is 6.33. The molecule has 31 heavy (non-hydrogen) atoms. The Bertz CT molecular complexity index is 1150. The fourth-order valence-electron chi connectivity index (χ4n) is 3.98. The molecule has 7 heteroatoms. The summed E-state index contributed by atoms with van der Waals surface area (Å²) in [6, 6.07) is 17.6. The number of halogens is 2. The molecule has 3 aromatic rings. The van der Waals surface area contributed by atoms with Crippen LogP contribution in [0.4, 0.5) is 10.1 Å². The number of methoxy groups -OCH3 is 1. The molecular weight excluding hydrogens is 419 g/mol. The molecule has 0 unspecified atom stereocenters. The van der Waals surface area contributed by atoms with Gasteiger partial charge in [0.1, 0.15) is 11.6 Å². The largest absolute Gasteiger partial charge is 0.497 e. The SMILES string of the molecule is COc1ccc([C@@H]2[C@H](C(=O)Nc3ccc(F)cc3Cl)c3ccccc3C(=O)N2C)cc1. The molecule has 0 aliphatic carbocycles. The molecule has 1 N–H and O–H groups in total. The number of amides is 2. The first-order chi connectivity index (χ1) is 14.9. The summed E-state index contributed by atoms with van der Waals surface area (Å²) < 4.78 is 18.7. The number of nitrogens with one attached hydrogen (secondary N) is 1. The molecule has 0 aromatic heterocycles. The monoisotopic (exact) mass is 438 g/mol. The minimum absolute atomic E-state index is 0.0999. The highest BCUT2D eigenvalue weighted by Gasteiger charge is 2.42. The molecule has 0 spiro atoms. The molecule has 0 fully saturated rings. The van der Waals surface area contributed by atoms with Gasteiger partial charge in [-0.2, -0.15) is 0 Å². The number of rotatable bonds is 4. The number of carbonyl (C=O) groups is 2. The fourth-order valence-corrected chi connectivity index (χ4v) is 4.19. The maximum Gasteiger partial charge on any atom is 0.254 e. The zero-order chi connectivity index (χ0) is 22.1. The highest BCUT2D eigenvalue weighted by Crippen LogP contribution is 2.43. The second-order valence-corrected chi connectivity index (χ2v) is 7.72. The lowest BCUT2D eigenvalue weighted by Gasteiger charge is -2.39. The number of hydrogen-bond acceptors (Lipinski definition) is 3. The van der Waals surface area contributed by atoms with Crippen LogP contribution >= 0.6 is 11.6 Å². The van der Waals surface area contributed by atoms with Crippen LogP contribution in [-0.4, -0.2) is 30.9 Å². The molecule has 0 saturated carbocycles. The Kier molecular flexibility index (Phi) is 5.65. The molecule has 1 aliphatic heterocycles. The maximum absolute atomic E-state index is 13.5. The Labute approximate surface area is 184 Å². The lowest BCUT2D eigenvalue weighted by atomic mass is 9.79. The molecule has 0 bridgehead atoms. The first-order valence-electron chi connectivity index (χ1n) is 9.66. The van der Waals surface area contributed by atoms with Crippen LogP contribution in [0.25, 0.3) is 0 Å². The number of likely N-dealkylation sites (N-methyl/N-ethyl adjacent to an activating group) is 1. The van der Waals surface area contributed by atoms with E-state index >= 15 is 0 Å². The molecular formula is C24H20ClFN2O3. The summed E-state index contributed by atoms with van der Waals surface area (Å²) in [4.78, 5) is 28.1. The molecule has 4 rings (SSSR count). The molecule has 0 saturated heterocycles. The van der Waals surface area contributed by atoms with Crippen molar-refractivity contribution < 1.29 is 18.7 Å². The predicted molar refractivity (Wildman–Crippen MR) is 117 cm³/mol. The van der Waals surface area contributed by atoms with E-state index < -0.39 is 17.8 Å². The zero-order valence-electron chi connectivity index (χ0n) is 16.9. The zero-order valence-corrected chi connectivity index (χ0v) is 17.7. The molecule has 3 aromatic carbocycles. The third-order valence-corrected chi connectivity index (χ3v) is 5.82. The van der Waals surface area contributed by atoms with Crippen LogP contribution in [0, 0.1) is 5.82 Å². The highest BCUT2D eigenvalue weighted by atomic mass is 35.5. The smallest absolute Gasteiger partial charge is 0.254 e. The minimum Gasteiger partial charge on any atom is -0.497 e. The lowest BCUT2D eigenvalue weighted by Crippen LogP contribution is -2.44. The normalized spacial score (nSPS) is 17.8. The van der Waals surface area contributed by atoms with Gasteiger partial charge in [-0.15, -0.1) is 0 Å². The van der Waals surface area contributed by atoms with Gasteiger partial charge in [0, 0.05) is 12.6 Å². The van der Waals surface area contributed by atoms with Crippen LogP contribution < -0.4 is 10.1 Å². The van der Waals surface area contributed by atoms with E-state index in [1.807, 2.05) is 12.1 Å². The average molecular weight is 439 g/mol. The van der Waals surface area contributed by atoms with Crippen molar-refractivity contribution >= 4 is 29.1 Å². The van der Waals surface area contributed by atoms with E-state index in [1.54, 1.807) is 55.5 Å². The standard InChI is InChI=1S/C24H20ClFN2O3/c1-28-22(14-7-10-16(31-2)11-8-14)21(17-5-3-4-6-18(17)24(28)30)23(29)27-20-12-9-15(26)13-19(20)25/h3-13,21-22H,1-2H3,(H,27,29)/t21-,22-/m1/s1. The van der Waals surface area contributed by atoms with Gasteiger partial charge in [0.15, 0.2) is 0 Å². The molecule has 158 valence electrons. The van der Waals surface area contributed by atoms with Gasteiger partial charge in [-0.25, -0.2) is 4.39 Å². The number of hydrogen-bond donors (Lipinski definition) is 1. The summed E-state index contributed by atoms with van der Waals surface area (Å²) in [5.41, 5.74) is 2.19. The van der Waals surface area contributed by atoms with Crippen molar-refractivity contribution in [3.63, 3.8) is 0 Å². The van der Waals surface area contributed by atoms with Gasteiger partial charge in [0.25, 0.3) is 5.91 Å². The van der Waals surface area contributed by atoms with Crippen LogP contribution in [0.5, 0.6) is 5.75 Å². The van der Waals surface area contributed by atoms with Crippen LogP contribution in [-0.2, 0) is 4.79 Å². The van der Waals surface area contributed by atoms with Crippen LogP contribution in [0.2, 0.25) is 5.02 Å². The van der Waals surface area contributed by atoms with Crippen molar-refractivity contribution in [2.45, 2.75) is 12.0 Å². The number of carbonyl (C=O) groups excluding carboxylic acids is 2. The molecule has 2 amide bonds. The second kappa shape index (κ2) is 8.40.